The lowest BCUT2D eigenvalue weighted by Gasteiger charge is -2.04. The molecular formula is C7H10N2O3. The van der Waals surface area contributed by atoms with Gasteiger partial charge in [-0.05, 0) is 6.92 Å². The van der Waals surface area contributed by atoms with Crippen molar-refractivity contribution in [3.63, 3.8) is 0 Å². The van der Waals surface area contributed by atoms with Crippen molar-refractivity contribution < 1.29 is 5.11 Å². The monoisotopic (exact) mass is 170 g/mol. The quantitative estimate of drug-likeness (QED) is 0.592. The van der Waals surface area contributed by atoms with Crippen molar-refractivity contribution in [1.82, 2.24) is 9.55 Å². The van der Waals surface area contributed by atoms with Crippen LogP contribution >= 0.6 is 0 Å². The number of aromatic amines is 1. The number of aliphatic hydroxyl groups excluding tert-OH is 1. The topological polar surface area (TPSA) is 75.1 Å². The minimum Gasteiger partial charge on any atom is -0.392 e. The Bertz CT molecular complexity index is 335. The molecule has 0 amide bonds. The zero-order valence-electron chi connectivity index (χ0n) is 6.65. The molecule has 1 atom stereocenters. The smallest absolute Gasteiger partial charge is 0.328 e. The fourth-order valence-electron chi connectivity index (χ4n) is 0.889. The molecule has 0 saturated carbocycles. The van der Waals surface area contributed by atoms with Crippen LogP contribution in [-0.4, -0.2) is 20.8 Å². The van der Waals surface area contributed by atoms with Crippen molar-refractivity contribution in [2.24, 2.45) is 0 Å². The third-order valence-electron chi connectivity index (χ3n) is 1.39. The van der Waals surface area contributed by atoms with Crippen molar-refractivity contribution in [3.8, 4) is 0 Å². The maximum Gasteiger partial charge on any atom is 0.328 e. The minimum absolute atomic E-state index is 0.0228. The minimum atomic E-state index is -0.703. The molecule has 1 heterocycles. The van der Waals surface area contributed by atoms with E-state index < -0.39 is 17.4 Å². The molecule has 12 heavy (non-hydrogen) atoms. The highest BCUT2D eigenvalue weighted by Gasteiger charge is 2.02. The van der Waals surface area contributed by atoms with Gasteiger partial charge in [-0.25, -0.2) is 4.79 Å². The van der Waals surface area contributed by atoms with Gasteiger partial charge < -0.3 is 10.1 Å². The third-order valence-corrected chi connectivity index (χ3v) is 1.39. The van der Waals surface area contributed by atoms with Gasteiger partial charge in [-0.3, -0.25) is 9.36 Å². The van der Waals surface area contributed by atoms with Gasteiger partial charge in [0.25, 0.3) is 5.56 Å². The number of nitrogens with zero attached hydrogens (tertiary/aromatic N) is 1. The van der Waals surface area contributed by atoms with Crippen molar-refractivity contribution in [2.45, 2.75) is 19.6 Å². The SMILES string of the molecule is CC(O)Cn1c(=O)cc[nH]c1=O. The van der Waals surface area contributed by atoms with Gasteiger partial charge >= 0.3 is 5.69 Å². The number of nitrogens with one attached hydrogen (secondary N) is 1. The molecule has 0 aromatic carbocycles. The van der Waals surface area contributed by atoms with E-state index in [1.807, 2.05) is 0 Å². The van der Waals surface area contributed by atoms with Crippen molar-refractivity contribution in [1.29, 1.82) is 0 Å². The molecule has 1 unspecified atom stereocenters. The van der Waals surface area contributed by atoms with E-state index in [9.17, 15) is 9.59 Å². The number of hydrogen-bond acceptors (Lipinski definition) is 3. The Kier molecular flexibility index (Phi) is 2.44. The normalized spacial score (nSPS) is 12.8. The molecule has 1 aromatic heterocycles. The second-order valence-corrected chi connectivity index (χ2v) is 2.58. The summed E-state index contributed by atoms with van der Waals surface area (Å²) in [5, 5.41) is 8.94. The lowest BCUT2D eigenvalue weighted by Crippen LogP contribution is -2.36. The Morgan fingerprint density at radius 2 is 2.33 bits per heavy atom. The number of H-pyrrole nitrogens is 1. The van der Waals surface area contributed by atoms with Gasteiger partial charge in [-0.1, -0.05) is 0 Å². The van der Waals surface area contributed by atoms with Crippen LogP contribution in [-0.2, 0) is 6.54 Å². The summed E-state index contributed by atoms with van der Waals surface area (Å²) < 4.78 is 0.949. The zero-order valence-corrected chi connectivity index (χ0v) is 6.65. The fourth-order valence-corrected chi connectivity index (χ4v) is 0.889. The lowest BCUT2D eigenvalue weighted by atomic mass is 10.4. The van der Waals surface area contributed by atoms with Crippen LogP contribution in [0.15, 0.2) is 21.9 Å². The zero-order chi connectivity index (χ0) is 9.14. The first-order valence-electron chi connectivity index (χ1n) is 3.58. The summed E-state index contributed by atoms with van der Waals surface area (Å²) in [7, 11) is 0. The highest BCUT2D eigenvalue weighted by Crippen LogP contribution is 1.80. The Balaban J connectivity index is 3.14. The van der Waals surface area contributed by atoms with E-state index in [1.54, 1.807) is 0 Å². The van der Waals surface area contributed by atoms with Crippen LogP contribution < -0.4 is 11.2 Å². The Labute approximate surface area is 68.3 Å². The van der Waals surface area contributed by atoms with Crippen LogP contribution in [0.1, 0.15) is 6.92 Å². The van der Waals surface area contributed by atoms with Crippen LogP contribution in [0.3, 0.4) is 0 Å². The molecule has 0 aliphatic rings. The highest BCUT2D eigenvalue weighted by molar-refractivity contribution is 4.83. The fraction of sp³-hybridized carbons (Fsp3) is 0.429. The van der Waals surface area contributed by atoms with Gasteiger partial charge in [0, 0.05) is 12.3 Å². The van der Waals surface area contributed by atoms with Gasteiger partial charge in [0.15, 0.2) is 0 Å². The average Bonchev–Trinajstić information content (AvgIpc) is 1.97. The van der Waals surface area contributed by atoms with Crippen molar-refractivity contribution in [3.05, 3.63) is 33.1 Å². The van der Waals surface area contributed by atoms with Gasteiger partial charge in [-0.2, -0.15) is 0 Å². The number of hydrogen-bond donors (Lipinski definition) is 2. The summed E-state index contributed by atoms with van der Waals surface area (Å²) in [6.45, 7) is 1.54. The average molecular weight is 170 g/mol. The van der Waals surface area contributed by atoms with Gasteiger partial charge in [-0.15, -0.1) is 0 Å². The first kappa shape index (κ1) is 8.73. The van der Waals surface area contributed by atoms with E-state index >= 15 is 0 Å². The summed E-state index contributed by atoms with van der Waals surface area (Å²) in [4.78, 5) is 24.3. The number of aromatic nitrogens is 2. The molecule has 5 nitrogen and oxygen atoms in total. The molecule has 1 aromatic rings. The molecule has 0 saturated heterocycles. The molecule has 0 radical (unpaired) electrons. The van der Waals surface area contributed by atoms with Crippen LogP contribution in [0.2, 0.25) is 0 Å². The second-order valence-electron chi connectivity index (χ2n) is 2.58. The van der Waals surface area contributed by atoms with E-state index in [2.05, 4.69) is 4.98 Å². The second kappa shape index (κ2) is 3.36. The van der Waals surface area contributed by atoms with Crippen LogP contribution in [0.4, 0.5) is 0 Å². The van der Waals surface area contributed by atoms with Crippen molar-refractivity contribution in [2.75, 3.05) is 0 Å². The molecule has 1 rings (SSSR count). The standard InChI is InChI=1S/C7H10N2O3/c1-5(10)4-9-6(11)2-3-8-7(9)12/h2-3,5,10H,4H2,1H3,(H,8,12). The molecule has 0 aliphatic carbocycles. The summed E-state index contributed by atoms with van der Waals surface area (Å²) in [6.07, 6.45) is 0.578. The van der Waals surface area contributed by atoms with Gasteiger partial charge in [0.2, 0.25) is 0 Å². The molecular weight excluding hydrogens is 160 g/mol. The molecule has 0 fully saturated rings. The molecule has 0 aliphatic heterocycles. The Morgan fingerprint density at radius 3 is 2.83 bits per heavy atom. The molecule has 5 heteroatoms. The summed E-state index contributed by atoms with van der Waals surface area (Å²) >= 11 is 0. The highest BCUT2D eigenvalue weighted by atomic mass is 16.3. The van der Waals surface area contributed by atoms with E-state index in [1.165, 1.54) is 19.2 Å². The lowest BCUT2D eigenvalue weighted by molar-refractivity contribution is 0.170. The van der Waals surface area contributed by atoms with Crippen LogP contribution in [0.5, 0.6) is 0 Å². The first-order chi connectivity index (χ1) is 5.61. The maximum atomic E-state index is 11.0. The van der Waals surface area contributed by atoms with E-state index in [4.69, 9.17) is 5.11 Å². The van der Waals surface area contributed by atoms with E-state index in [0.717, 1.165) is 4.57 Å². The summed E-state index contributed by atoms with van der Waals surface area (Å²) in [5.74, 6) is 0. The first-order valence-corrected chi connectivity index (χ1v) is 3.58. The molecule has 66 valence electrons. The van der Waals surface area contributed by atoms with Crippen molar-refractivity contribution >= 4 is 0 Å². The number of aliphatic hydroxyl groups is 1. The van der Waals surface area contributed by atoms with E-state index in [-0.39, 0.29) is 6.54 Å². The Morgan fingerprint density at radius 1 is 1.67 bits per heavy atom. The van der Waals surface area contributed by atoms with Crippen LogP contribution in [0.25, 0.3) is 0 Å². The molecule has 2 N–H and O–H groups in total. The summed E-state index contributed by atoms with van der Waals surface area (Å²) in [5.41, 5.74) is -0.900. The van der Waals surface area contributed by atoms with Gasteiger partial charge in [0.1, 0.15) is 0 Å². The Hall–Kier alpha value is -1.36. The third kappa shape index (κ3) is 1.82. The summed E-state index contributed by atoms with van der Waals surface area (Å²) in [6, 6.07) is 1.24. The molecule has 0 spiro atoms. The maximum absolute atomic E-state index is 11.0. The van der Waals surface area contributed by atoms with E-state index in [0.29, 0.717) is 0 Å². The van der Waals surface area contributed by atoms with Gasteiger partial charge in [0.05, 0.1) is 12.6 Å². The largest absolute Gasteiger partial charge is 0.392 e. The number of rotatable bonds is 2. The predicted molar refractivity (Wildman–Crippen MR) is 43.0 cm³/mol. The molecule has 0 bridgehead atoms. The predicted octanol–water partition coefficient (Wildman–Crippen LogP) is -1.08. The van der Waals surface area contributed by atoms with Crippen LogP contribution in [0, 0.1) is 0 Å².